The molecule has 1 atom stereocenters. The normalized spacial score (nSPS) is 12.8. The first-order valence-electron chi connectivity index (χ1n) is 21.8. The highest BCUT2D eigenvalue weighted by atomic mass is 16.6. The summed E-state index contributed by atoms with van der Waals surface area (Å²) >= 11 is 0. The van der Waals surface area contributed by atoms with Gasteiger partial charge in [0.05, 0.1) is 6.61 Å². The van der Waals surface area contributed by atoms with Crippen LogP contribution in [0.2, 0.25) is 0 Å². The minimum Gasteiger partial charge on any atom is -0.462 e. The number of hydrogen-bond donors (Lipinski definition) is 0. The molecule has 0 amide bonds. The van der Waals surface area contributed by atoms with E-state index >= 15 is 0 Å². The summed E-state index contributed by atoms with van der Waals surface area (Å²) in [5.41, 5.74) is 0. The Kier molecular flexibility index (Phi) is 41.0. The van der Waals surface area contributed by atoms with E-state index in [4.69, 9.17) is 14.2 Å². The molecule has 0 aliphatic carbocycles. The summed E-state index contributed by atoms with van der Waals surface area (Å²) in [5, 5.41) is 0. The van der Waals surface area contributed by atoms with Gasteiger partial charge in [0, 0.05) is 19.4 Å². The number of rotatable bonds is 39. The molecule has 0 heterocycles. The summed E-state index contributed by atoms with van der Waals surface area (Å²) in [6.45, 7) is 7.58. The Morgan fingerprint density at radius 2 is 0.885 bits per heavy atom. The Hall–Kier alpha value is -2.40. The number of carbonyl (C=O) groups is 2. The summed E-state index contributed by atoms with van der Waals surface area (Å²) in [6.07, 6.45) is 52.3. The topological polar surface area (TPSA) is 61.8 Å². The molecular weight excluding hydrogens is 645 g/mol. The minimum absolute atomic E-state index is 0.0727. The lowest BCUT2D eigenvalue weighted by Gasteiger charge is -2.18. The molecule has 0 bridgehead atoms. The Labute approximate surface area is 322 Å². The molecule has 0 aromatic rings. The van der Waals surface area contributed by atoms with Crippen LogP contribution in [0.15, 0.2) is 60.8 Å². The smallest absolute Gasteiger partial charge is 0.306 e. The summed E-state index contributed by atoms with van der Waals surface area (Å²) in [5.74, 6) is -0.427. The summed E-state index contributed by atoms with van der Waals surface area (Å²) in [4.78, 5) is 25.0. The van der Waals surface area contributed by atoms with Crippen LogP contribution in [0.4, 0.5) is 0 Å². The SMILES string of the molecule is CC/C=C\C/C=C\C/C=C\C/C=C\CCCCCCCOCC(COC(=O)CCCCCCC/C=C\CCCC)OC(=O)CCCCCCCCC. The average molecular weight is 727 g/mol. The quantitative estimate of drug-likeness (QED) is 0.0358. The molecule has 0 aromatic carbocycles. The van der Waals surface area contributed by atoms with Crippen molar-refractivity contribution in [2.75, 3.05) is 19.8 Å². The minimum atomic E-state index is -0.544. The van der Waals surface area contributed by atoms with Gasteiger partial charge in [-0.2, -0.15) is 0 Å². The molecule has 0 radical (unpaired) electrons. The summed E-state index contributed by atoms with van der Waals surface area (Å²) in [6, 6.07) is 0. The molecule has 0 rings (SSSR count). The number of ether oxygens (including phenoxy) is 3. The molecule has 52 heavy (non-hydrogen) atoms. The van der Waals surface area contributed by atoms with Crippen molar-refractivity contribution < 1.29 is 23.8 Å². The van der Waals surface area contributed by atoms with E-state index in [1.165, 1.54) is 77.0 Å². The molecule has 0 aliphatic rings. The number of hydrogen-bond acceptors (Lipinski definition) is 5. The van der Waals surface area contributed by atoms with E-state index in [1.807, 2.05) is 0 Å². The van der Waals surface area contributed by atoms with Gasteiger partial charge in [-0.1, -0.05) is 171 Å². The van der Waals surface area contributed by atoms with E-state index in [1.54, 1.807) is 0 Å². The van der Waals surface area contributed by atoms with E-state index in [2.05, 4.69) is 81.5 Å². The van der Waals surface area contributed by atoms with Crippen LogP contribution in [0, 0.1) is 0 Å². The largest absolute Gasteiger partial charge is 0.462 e. The van der Waals surface area contributed by atoms with Crippen molar-refractivity contribution in [3.8, 4) is 0 Å². The molecule has 0 aliphatic heterocycles. The van der Waals surface area contributed by atoms with E-state index in [0.29, 0.717) is 19.4 Å². The van der Waals surface area contributed by atoms with Crippen LogP contribution in [0.1, 0.15) is 201 Å². The van der Waals surface area contributed by atoms with Gasteiger partial charge < -0.3 is 14.2 Å². The lowest BCUT2D eigenvalue weighted by molar-refractivity contribution is -0.163. The van der Waals surface area contributed by atoms with Crippen LogP contribution in [-0.4, -0.2) is 37.9 Å². The van der Waals surface area contributed by atoms with Crippen LogP contribution in [0.3, 0.4) is 0 Å². The van der Waals surface area contributed by atoms with Gasteiger partial charge in [0.25, 0.3) is 0 Å². The summed E-state index contributed by atoms with van der Waals surface area (Å²) in [7, 11) is 0. The van der Waals surface area contributed by atoms with Crippen LogP contribution in [-0.2, 0) is 23.8 Å². The zero-order chi connectivity index (χ0) is 37.8. The van der Waals surface area contributed by atoms with Crippen molar-refractivity contribution in [3.05, 3.63) is 60.8 Å². The fourth-order valence-electron chi connectivity index (χ4n) is 5.77. The van der Waals surface area contributed by atoms with Crippen molar-refractivity contribution in [1.82, 2.24) is 0 Å². The van der Waals surface area contributed by atoms with Crippen LogP contribution in [0.5, 0.6) is 0 Å². The number of esters is 2. The first kappa shape index (κ1) is 49.6. The van der Waals surface area contributed by atoms with E-state index < -0.39 is 6.10 Å². The van der Waals surface area contributed by atoms with Gasteiger partial charge in [0.15, 0.2) is 6.10 Å². The van der Waals surface area contributed by atoms with Gasteiger partial charge in [-0.25, -0.2) is 0 Å². The van der Waals surface area contributed by atoms with Crippen LogP contribution in [0.25, 0.3) is 0 Å². The molecule has 0 spiro atoms. The van der Waals surface area contributed by atoms with Crippen molar-refractivity contribution in [2.24, 2.45) is 0 Å². The number of allylic oxidation sites excluding steroid dienone is 10. The zero-order valence-corrected chi connectivity index (χ0v) is 34.3. The maximum absolute atomic E-state index is 12.6. The molecule has 300 valence electrons. The Bertz CT molecular complexity index is 915. The third kappa shape index (κ3) is 40.4. The second-order valence-electron chi connectivity index (χ2n) is 14.2. The Morgan fingerprint density at radius 1 is 0.442 bits per heavy atom. The third-order valence-corrected chi connectivity index (χ3v) is 9.04. The van der Waals surface area contributed by atoms with Gasteiger partial charge >= 0.3 is 11.9 Å². The van der Waals surface area contributed by atoms with Gasteiger partial charge in [0.2, 0.25) is 0 Å². The molecule has 1 unspecified atom stereocenters. The maximum Gasteiger partial charge on any atom is 0.306 e. The standard InChI is InChI=1S/C47H82O5/c1-4-7-10-13-16-18-20-21-22-23-24-25-26-28-30-33-36-39-42-50-43-45(52-47(49)41-38-35-31-15-12-9-6-3)44-51-46(48)40-37-34-32-29-27-19-17-14-11-8-5-2/h7,10,14,16-18,21-22,24-25,45H,4-6,8-9,11-13,15,19-20,23,26-44H2,1-3H3/b10-7-,17-14-,18-16-,22-21-,25-24-. The predicted octanol–water partition coefficient (Wildman–Crippen LogP) is 14.2. The molecule has 0 saturated heterocycles. The molecule has 5 nitrogen and oxygen atoms in total. The van der Waals surface area contributed by atoms with Crippen LogP contribution >= 0.6 is 0 Å². The van der Waals surface area contributed by atoms with Crippen molar-refractivity contribution in [3.63, 3.8) is 0 Å². The second kappa shape index (κ2) is 43.0. The highest BCUT2D eigenvalue weighted by Crippen LogP contribution is 2.12. The molecule has 0 N–H and O–H groups in total. The van der Waals surface area contributed by atoms with Crippen molar-refractivity contribution in [2.45, 2.75) is 207 Å². The highest BCUT2D eigenvalue weighted by molar-refractivity contribution is 5.70. The molecule has 5 heteroatoms. The van der Waals surface area contributed by atoms with Gasteiger partial charge in [-0.15, -0.1) is 0 Å². The number of carbonyl (C=O) groups excluding carboxylic acids is 2. The van der Waals surface area contributed by atoms with Crippen LogP contribution < -0.4 is 0 Å². The van der Waals surface area contributed by atoms with E-state index in [9.17, 15) is 9.59 Å². The second-order valence-corrected chi connectivity index (χ2v) is 14.2. The Balaban J connectivity index is 4.20. The lowest BCUT2D eigenvalue weighted by atomic mass is 10.1. The fraction of sp³-hybridized carbons (Fsp3) is 0.745. The molecular formula is C47H82O5. The Morgan fingerprint density at radius 3 is 1.46 bits per heavy atom. The molecule has 0 fully saturated rings. The zero-order valence-electron chi connectivity index (χ0n) is 34.3. The predicted molar refractivity (Wildman–Crippen MR) is 224 cm³/mol. The molecule has 0 saturated carbocycles. The maximum atomic E-state index is 12.6. The van der Waals surface area contributed by atoms with E-state index in [-0.39, 0.29) is 25.2 Å². The van der Waals surface area contributed by atoms with Crippen molar-refractivity contribution in [1.29, 1.82) is 0 Å². The highest BCUT2D eigenvalue weighted by Gasteiger charge is 2.17. The lowest BCUT2D eigenvalue weighted by Crippen LogP contribution is -2.30. The van der Waals surface area contributed by atoms with Crippen molar-refractivity contribution >= 4 is 11.9 Å². The first-order chi connectivity index (χ1) is 25.6. The van der Waals surface area contributed by atoms with E-state index in [0.717, 1.165) is 89.9 Å². The fourth-order valence-corrected chi connectivity index (χ4v) is 5.77. The van der Waals surface area contributed by atoms with Gasteiger partial charge in [0.1, 0.15) is 6.61 Å². The average Bonchev–Trinajstić information content (AvgIpc) is 3.14. The van der Waals surface area contributed by atoms with Gasteiger partial charge in [-0.05, 0) is 77.0 Å². The van der Waals surface area contributed by atoms with Gasteiger partial charge in [-0.3, -0.25) is 9.59 Å². The summed E-state index contributed by atoms with van der Waals surface area (Å²) < 4.78 is 17.2. The monoisotopic (exact) mass is 727 g/mol. The first-order valence-corrected chi connectivity index (χ1v) is 21.8. The third-order valence-electron chi connectivity index (χ3n) is 9.04. The molecule has 0 aromatic heterocycles. The number of unbranched alkanes of at least 4 members (excludes halogenated alkanes) is 18.